The van der Waals surface area contributed by atoms with E-state index in [9.17, 15) is 9.90 Å². The number of hydrogen-bond acceptors (Lipinski definition) is 3. The lowest BCUT2D eigenvalue weighted by atomic mass is 9.94. The fourth-order valence-corrected chi connectivity index (χ4v) is 2.75. The predicted molar refractivity (Wildman–Crippen MR) is 82.3 cm³/mol. The van der Waals surface area contributed by atoms with Crippen molar-refractivity contribution in [2.75, 3.05) is 6.54 Å². The SMILES string of the molecule is O=C(NCC(O)c1ccccc1)NC1CCc2cn[nH]c2C1. The van der Waals surface area contributed by atoms with Gasteiger partial charge in [0.1, 0.15) is 0 Å². The highest BCUT2D eigenvalue weighted by Crippen LogP contribution is 2.18. The van der Waals surface area contributed by atoms with Gasteiger partial charge in [-0.3, -0.25) is 5.10 Å². The minimum atomic E-state index is -0.697. The monoisotopic (exact) mass is 300 g/mol. The van der Waals surface area contributed by atoms with E-state index in [0.717, 1.165) is 30.5 Å². The molecule has 0 bridgehead atoms. The summed E-state index contributed by atoms with van der Waals surface area (Å²) in [5.74, 6) is 0. The molecule has 0 saturated heterocycles. The summed E-state index contributed by atoms with van der Waals surface area (Å²) < 4.78 is 0. The molecule has 2 atom stereocenters. The number of carbonyl (C=O) groups is 1. The number of benzene rings is 1. The largest absolute Gasteiger partial charge is 0.387 e. The first-order chi connectivity index (χ1) is 10.7. The van der Waals surface area contributed by atoms with Crippen molar-refractivity contribution in [1.82, 2.24) is 20.8 Å². The van der Waals surface area contributed by atoms with E-state index in [1.54, 1.807) is 0 Å². The normalized spacial score (nSPS) is 18.3. The zero-order valence-electron chi connectivity index (χ0n) is 12.2. The van der Waals surface area contributed by atoms with Crippen molar-refractivity contribution in [3.63, 3.8) is 0 Å². The lowest BCUT2D eigenvalue weighted by Crippen LogP contribution is -2.45. The molecular weight excluding hydrogens is 280 g/mol. The quantitative estimate of drug-likeness (QED) is 0.686. The Labute approximate surface area is 128 Å². The van der Waals surface area contributed by atoms with E-state index >= 15 is 0 Å². The van der Waals surface area contributed by atoms with Gasteiger partial charge in [-0.15, -0.1) is 0 Å². The highest BCUT2D eigenvalue weighted by Gasteiger charge is 2.21. The molecule has 0 fully saturated rings. The molecule has 2 unspecified atom stereocenters. The minimum Gasteiger partial charge on any atom is -0.387 e. The zero-order valence-corrected chi connectivity index (χ0v) is 12.2. The molecule has 3 rings (SSSR count). The first-order valence-electron chi connectivity index (χ1n) is 7.51. The number of amides is 2. The summed E-state index contributed by atoms with van der Waals surface area (Å²) in [6, 6.07) is 9.15. The molecule has 2 amide bonds. The maximum atomic E-state index is 11.9. The third-order valence-corrected chi connectivity index (χ3v) is 4.00. The number of aromatic nitrogens is 2. The van der Waals surface area contributed by atoms with Gasteiger partial charge in [-0.25, -0.2) is 4.79 Å². The van der Waals surface area contributed by atoms with Crippen LogP contribution < -0.4 is 10.6 Å². The molecule has 0 saturated carbocycles. The molecule has 1 aromatic heterocycles. The van der Waals surface area contributed by atoms with Gasteiger partial charge in [0, 0.05) is 24.7 Å². The standard InChI is InChI=1S/C16H20N4O2/c21-15(11-4-2-1-3-5-11)10-17-16(22)19-13-7-6-12-9-18-20-14(12)8-13/h1-5,9,13,15,21H,6-8,10H2,(H,18,20)(H2,17,19,22). The van der Waals surface area contributed by atoms with Crippen LogP contribution >= 0.6 is 0 Å². The van der Waals surface area contributed by atoms with Crippen LogP contribution in [0.4, 0.5) is 4.79 Å². The number of nitrogens with zero attached hydrogens (tertiary/aromatic N) is 1. The molecule has 116 valence electrons. The van der Waals surface area contributed by atoms with Crippen molar-refractivity contribution in [3.8, 4) is 0 Å². The number of rotatable bonds is 4. The topological polar surface area (TPSA) is 90.0 Å². The highest BCUT2D eigenvalue weighted by atomic mass is 16.3. The molecule has 22 heavy (non-hydrogen) atoms. The molecule has 4 N–H and O–H groups in total. The molecule has 2 aromatic rings. The third-order valence-electron chi connectivity index (χ3n) is 4.00. The molecule has 1 heterocycles. The van der Waals surface area contributed by atoms with Gasteiger partial charge in [0.05, 0.1) is 12.3 Å². The first kappa shape index (κ1) is 14.6. The summed E-state index contributed by atoms with van der Waals surface area (Å²) in [7, 11) is 0. The summed E-state index contributed by atoms with van der Waals surface area (Å²) >= 11 is 0. The van der Waals surface area contributed by atoms with Crippen LogP contribution in [-0.2, 0) is 12.8 Å². The molecule has 6 heteroatoms. The van der Waals surface area contributed by atoms with Crippen LogP contribution in [0.3, 0.4) is 0 Å². The number of H-pyrrole nitrogens is 1. The van der Waals surface area contributed by atoms with Crippen molar-refractivity contribution in [3.05, 3.63) is 53.3 Å². The second kappa shape index (κ2) is 6.62. The average Bonchev–Trinajstić information content (AvgIpc) is 3.01. The Hall–Kier alpha value is -2.34. The van der Waals surface area contributed by atoms with Crippen LogP contribution in [0.1, 0.15) is 29.3 Å². The molecule has 6 nitrogen and oxygen atoms in total. The predicted octanol–water partition coefficient (Wildman–Crippen LogP) is 1.30. The van der Waals surface area contributed by atoms with Crippen molar-refractivity contribution in [1.29, 1.82) is 0 Å². The molecule has 1 aromatic carbocycles. The number of fused-ring (bicyclic) bond motifs is 1. The third kappa shape index (κ3) is 3.46. The number of aryl methyl sites for hydroxylation is 1. The summed E-state index contributed by atoms with van der Waals surface area (Å²) in [5, 5.41) is 22.7. The minimum absolute atomic E-state index is 0.0989. The lowest BCUT2D eigenvalue weighted by Gasteiger charge is -2.23. The molecule has 1 aliphatic carbocycles. The van der Waals surface area contributed by atoms with Crippen molar-refractivity contribution in [2.24, 2.45) is 0 Å². The fourth-order valence-electron chi connectivity index (χ4n) is 2.75. The van der Waals surface area contributed by atoms with Crippen LogP contribution in [0.5, 0.6) is 0 Å². The van der Waals surface area contributed by atoms with Gasteiger partial charge >= 0.3 is 6.03 Å². The number of hydrogen-bond donors (Lipinski definition) is 4. The number of aliphatic hydroxyl groups is 1. The number of aromatic amines is 1. The van der Waals surface area contributed by atoms with Crippen LogP contribution in [0.25, 0.3) is 0 Å². The van der Waals surface area contributed by atoms with Crippen molar-refractivity contribution in [2.45, 2.75) is 31.4 Å². The highest BCUT2D eigenvalue weighted by molar-refractivity contribution is 5.74. The van der Waals surface area contributed by atoms with Gasteiger partial charge in [-0.05, 0) is 24.0 Å². The van der Waals surface area contributed by atoms with Crippen molar-refractivity contribution < 1.29 is 9.90 Å². The Kier molecular flexibility index (Phi) is 4.39. The molecule has 0 aliphatic heterocycles. The Bertz CT molecular complexity index is 626. The van der Waals surface area contributed by atoms with E-state index in [2.05, 4.69) is 20.8 Å². The summed E-state index contributed by atoms with van der Waals surface area (Å²) in [4.78, 5) is 11.9. The molecule has 0 radical (unpaired) electrons. The average molecular weight is 300 g/mol. The van der Waals surface area contributed by atoms with Crippen LogP contribution in [0.15, 0.2) is 36.5 Å². The van der Waals surface area contributed by atoms with Gasteiger partial charge in [-0.1, -0.05) is 30.3 Å². The maximum absolute atomic E-state index is 11.9. The number of nitrogens with one attached hydrogen (secondary N) is 3. The van der Waals surface area contributed by atoms with E-state index in [1.807, 2.05) is 36.5 Å². The van der Waals surface area contributed by atoms with Gasteiger partial charge in [-0.2, -0.15) is 5.10 Å². The van der Waals surface area contributed by atoms with E-state index in [0.29, 0.717) is 0 Å². The second-order valence-corrected chi connectivity index (χ2v) is 5.59. The summed E-state index contributed by atoms with van der Waals surface area (Å²) in [6.45, 7) is 0.192. The van der Waals surface area contributed by atoms with E-state index in [4.69, 9.17) is 0 Å². The second-order valence-electron chi connectivity index (χ2n) is 5.59. The number of aliphatic hydroxyl groups excluding tert-OH is 1. The van der Waals surface area contributed by atoms with Crippen LogP contribution in [-0.4, -0.2) is 33.9 Å². The van der Waals surface area contributed by atoms with Crippen LogP contribution in [0.2, 0.25) is 0 Å². The Morgan fingerprint density at radius 2 is 2.23 bits per heavy atom. The van der Waals surface area contributed by atoms with Gasteiger partial charge in [0.2, 0.25) is 0 Å². The molecular formula is C16H20N4O2. The Morgan fingerprint density at radius 3 is 3.05 bits per heavy atom. The lowest BCUT2D eigenvalue weighted by molar-refractivity contribution is 0.172. The smallest absolute Gasteiger partial charge is 0.315 e. The number of carbonyl (C=O) groups excluding carboxylic acids is 1. The maximum Gasteiger partial charge on any atom is 0.315 e. The van der Waals surface area contributed by atoms with E-state index in [1.165, 1.54) is 5.56 Å². The molecule has 0 spiro atoms. The number of urea groups is 1. The first-order valence-corrected chi connectivity index (χ1v) is 7.51. The molecule has 1 aliphatic rings. The Morgan fingerprint density at radius 1 is 1.41 bits per heavy atom. The van der Waals surface area contributed by atoms with Gasteiger partial charge in [0.15, 0.2) is 0 Å². The zero-order chi connectivity index (χ0) is 15.4. The van der Waals surface area contributed by atoms with E-state index in [-0.39, 0.29) is 18.6 Å². The Balaban J connectivity index is 1.45. The summed E-state index contributed by atoms with van der Waals surface area (Å²) in [5.41, 5.74) is 3.13. The van der Waals surface area contributed by atoms with Gasteiger partial charge < -0.3 is 15.7 Å². The van der Waals surface area contributed by atoms with Crippen LogP contribution in [0, 0.1) is 0 Å². The van der Waals surface area contributed by atoms with E-state index < -0.39 is 6.10 Å². The van der Waals surface area contributed by atoms with Crippen molar-refractivity contribution >= 4 is 6.03 Å². The summed E-state index contributed by atoms with van der Waals surface area (Å²) in [6.07, 6.45) is 3.74. The fraction of sp³-hybridized carbons (Fsp3) is 0.375. The van der Waals surface area contributed by atoms with Gasteiger partial charge in [0.25, 0.3) is 0 Å².